The summed E-state index contributed by atoms with van der Waals surface area (Å²) in [7, 11) is 0. The molecule has 0 aromatic heterocycles. The Labute approximate surface area is 122 Å². The molecule has 0 aliphatic heterocycles. The summed E-state index contributed by atoms with van der Waals surface area (Å²) in [5.41, 5.74) is 2.13. The van der Waals surface area contributed by atoms with Crippen LogP contribution in [0.3, 0.4) is 0 Å². The molecule has 0 saturated heterocycles. The molecule has 0 atom stereocenters. The highest BCUT2D eigenvalue weighted by atomic mass is 35.5. The molecule has 4 heteroatoms. The van der Waals surface area contributed by atoms with E-state index >= 15 is 0 Å². The van der Waals surface area contributed by atoms with E-state index < -0.39 is 0 Å². The first kappa shape index (κ1) is 14.3. The van der Waals surface area contributed by atoms with Gasteiger partial charge in [0.15, 0.2) is 0 Å². The monoisotopic (exact) mass is 297 g/mol. The predicted molar refractivity (Wildman–Crippen MR) is 78.3 cm³/mol. The second kappa shape index (κ2) is 6.90. The van der Waals surface area contributed by atoms with Gasteiger partial charge in [0.1, 0.15) is 5.82 Å². The third-order valence-electron chi connectivity index (χ3n) is 2.83. The molecule has 0 radical (unpaired) electrons. The molecule has 1 N–H and O–H groups in total. The van der Waals surface area contributed by atoms with Crippen LogP contribution in [0.1, 0.15) is 11.1 Å². The lowest BCUT2D eigenvalue weighted by atomic mass is 10.1. The summed E-state index contributed by atoms with van der Waals surface area (Å²) in [5, 5.41) is 4.49. The van der Waals surface area contributed by atoms with E-state index in [2.05, 4.69) is 5.32 Å². The van der Waals surface area contributed by atoms with Gasteiger partial charge in [-0.15, -0.1) is 0 Å². The summed E-state index contributed by atoms with van der Waals surface area (Å²) in [6.07, 6.45) is 0.913. The Bertz CT molecular complexity index is 540. The summed E-state index contributed by atoms with van der Waals surface area (Å²) < 4.78 is 12.9. The second-order valence-corrected chi connectivity index (χ2v) is 5.13. The zero-order valence-corrected chi connectivity index (χ0v) is 11.8. The molecule has 0 heterocycles. The van der Waals surface area contributed by atoms with Gasteiger partial charge in [0.2, 0.25) is 0 Å². The minimum atomic E-state index is -0.310. The molecular formula is C15H14Cl2FN. The fourth-order valence-corrected chi connectivity index (χ4v) is 2.13. The van der Waals surface area contributed by atoms with E-state index in [-0.39, 0.29) is 5.82 Å². The van der Waals surface area contributed by atoms with Crippen molar-refractivity contribution in [1.82, 2.24) is 5.32 Å². The van der Waals surface area contributed by atoms with Crippen molar-refractivity contribution < 1.29 is 4.39 Å². The van der Waals surface area contributed by atoms with E-state index in [0.717, 1.165) is 23.6 Å². The van der Waals surface area contributed by atoms with Crippen LogP contribution in [-0.4, -0.2) is 6.54 Å². The Kier molecular flexibility index (Phi) is 5.20. The predicted octanol–water partition coefficient (Wildman–Crippen LogP) is 4.46. The lowest BCUT2D eigenvalue weighted by Crippen LogP contribution is -2.16. The third kappa shape index (κ3) is 4.50. The topological polar surface area (TPSA) is 12.0 Å². The van der Waals surface area contributed by atoms with Crippen molar-refractivity contribution in [3.63, 3.8) is 0 Å². The first-order valence-corrected chi connectivity index (χ1v) is 6.80. The van der Waals surface area contributed by atoms with Gasteiger partial charge in [-0.05, 0) is 48.4 Å². The van der Waals surface area contributed by atoms with Crippen molar-refractivity contribution in [3.05, 3.63) is 69.5 Å². The van der Waals surface area contributed by atoms with Crippen molar-refractivity contribution in [2.45, 2.75) is 13.0 Å². The summed E-state index contributed by atoms with van der Waals surface area (Å²) >= 11 is 11.8. The quantitative estimate of drug-likeness (QED) is 0.803. The standard InChI is InChI=1S/C15H14Cl2FN/c16-13-4-1-11(2-5-13)7-8-19-10-12-3-6-14(18)9-15(12)17/h1-6,9,19H,7-8,10H2. The van der Waals surface area contributed by atoms with Gasteiger partial charge in [-0.2, -0.15) is 0 Å². The van der Waals surface area contributed by atoms with Gasteiger partial charge < -0.3 is 5.32 Å². The van der Waals surface area contributed by atoms with E-state index in [9.17, 15) is 4.39 Å². The maximum Gasteiger partial charge on any atom is 0.124 e. The van der Waals surface area contributed by atoms with Crippen LogP contribution < -0.4 is 5.32 Å². The summed E-state index contributed by atoms with van der Waals surface area (Å²) in [4.78, 5) is 0. The van der Waals surface area contributed by atoms with E-state index in [1.54, 1.807) is 6.07 Å². The molecule has 0 saturated carbocycles. The molecular weight excluding hydrogens is 284 g/mol. The van der Waals surface area contributed by atoms with Crippen LogP contribution in [0.2, 0.25) is 10.0 Å². The number of rotatable bonds is 5. The highest BCUT2D eigenvalue weighted by molar-refractivity contribution is 6.31. The van der Waals surface area contributed by atoms with Crippen LogP contribution >= 0.6 is 23.2 Å². The minimum absolute atomic E-state index is 0.310. The van der Waals surface area contributed by atoms with Crippen molar-refractivity contribution in [1.29, 1.82) is 0 Å². The van der Waals surface area contributed by atoms with Crippen molar-refractivity contribution in [3.8, 4) is 0 Å². The number of nitrogens with one attached hydrogen (secondary N) is 1. The second-order valence-electron chi connectivity index (χ2n) is 4.29. The fourth-order valence-electron chi connectivity index (χ4n) is 1.77. The third-order valence-corrected chi connectivity index (χ3v) is 3.44. The largest absolute Gasteiger partial charge is 0.312 e. The zero-order chi connectivity index (χ0) is 13.7. The van der Waals surface area contributed by atoms with Crippen molar-refractivity contribution in [2.75, 3.05) is 6.54 Å². The Morgan fingerprint density at radius 1 is 1.00 bits per heavy atom. The van der Waals surface area contributed by atoms with E-state index in [0.29, 0.717) is 11.6 Å². The average Bonchev–Trinajstić information content (AvgIpc) is 2.39. The van der Waals surface area contributed by atoms with Gasteiger partial charge in [-0.1, -0.05) is 41.4 Å². The van der Waals surface area contributed by atoms with Crippen molar-refractivity contribution >= 4 is 23.2 Å². The average molecular weight is 298 g/mol. The Hall–Kier alpha value is -1.09. The van der Waals surface area contributed by atoms with Crippen LogP contribution in [0.5, 0.6) is 0 Å². The van der Waals surface area contributed by atoms with Gasteiger partial charge in [-0.3, -0.25) is 0 Å². The van der Waals surface area contributed by atoms with Crippen LogP contribution in [0, 0.1) is 5.82 Å². The molecule has 2 aromatic rings. The first-order valence-electron chi connectivity index (χ1n) is 6.04. The van der Waals surface area contributed by atoms with E-state index in [1.165, 1.54) is 17.7 Å². The Balaban J connectivity index is 1.79. The van der Waals surface area contributed by atoms with E-state index in [1.807, 2.05) is 24.3 Å². The number of benzene rings is 2. The summed E-state index contributed by atoms with van der Waals surface area (Å²) in [6.45, 7) is 1.46. The fraction of sp³-hybridized carbons (Fsp3) is 0.200. The molecule has 0 fully saturated rings. The molecule has 19 heavy (non-hydrogen) atoms. The van der Waals surface area contributed by atoms with Crippen LogP contribution in [0.4, 0.5) is 4.39 Å². The van der Waals surface area contributed by atoms with Crippen molar-refractivity contribution in [2.24, 2.45) is 0 Å². The molecule has 0 aliphatic carbocycles. The molecule has 0 bridgehead atoms. The van der Waals surface area contributed by atoms with Gasteiger partial charge in [-0.25, -0.2) is 4.39 Å². The Morgan fingerprint density at radius 2 is 1.74 bits per heavy atom. The maximum atomic E-state index is 12.9. The maximum absolute atomic E-state index is 12.9. The van der Waals surface area contributed by atoms with Crippen LogP contribution in [0.25, 0.3) is 0 Å². The van der Waals surface area contributed by atoms with Gasteiger partial charge >= 0.3 is 0 Å². The van der Waals surface area contributed by atoms with Crippen LogP contribution in [0.15, 0.2) is 42.5 Å². The normalized spacial score (nSPS) is 10.7. The molecule has 100 valence electrons. The van der Waals surface area contributed by atoms with Gasteiger partial charge in [0.25, 0.3) is 0 Å². The first-order chi connectivity index (χ1) is 9.15. The smallest absolute Gasteiger partial charge is 0.124 e. The van der Waals surface area contributed by atoms with E-state index in [4.69, 9.17) is 23.2 Å². The Morgan fingerprint density at radius 3 is 2.42 bits per heavy atom. The number of hydrogen-bond acceptors (Lipinski definition) is 1. The van der Waals surface area contributed by atoms with Gasteiger partial charge in [0, 0.05) is 16.6 Å². The molecule has 1 nitrogen and oxygen atoms in total. The molecule has 2 aromatic carbocycles. The lowest BCUT2D eigenvalue weighted by molar-refractivity contribution is 0.625. The zero-order valence-electron chi connectivity index (χ0n) is 10.3. The lowest BCUT2D eigenvalue weighted by Gasteiger charge is -2.07. The molecule has 0 unspecified atom stereocenters. The molecule has 0 amide bonds. The molecule has 0 spiro atoms. The molecule has 0 aliphatic rings. The number of hydrogen-bond donors (Lipinski definition) is 1. The SMILES string of the molecule is Fc1ccc(CNCCc2ccc(Cl)cc2)c(Cl)c1. The molecule has 2 rings (SSSR count). The number of halogens is 3. The van der Waals surface area contributed by atoms with Crippen LogP contribution in [-0.2, 0) is 13.0 Å². The minimum Gasteiger partial charge on any atom is -0.312 e. The van der Waals surface area contributed by atoms with Gasteiger partial charge in [0.05, 0.1) is 0 Å². The summed E-state index contributed by atoms with van der Waals surface area (Å²) in [6, 6.07) is 12.2. The summed E-state index contributed by atoms with van der Waals surface area (Å²) in [5.74, 6) is -0.310. The highest BCUT2D eigenvalue weighted by Crippen LogP contribution is 2.16. The highest BCUT2D eigenvalue weighted by Gasteiger charge is 2.01.